The molecule has 1 atom stereocenters. The lowest BCUT2D eigenvalue weighted by atomic mass is 10.1. The minimum absolute atomic E-state index is 0.522. The number of dihydropyridines is 1. The molecular weight excluding hydrogens is 352 g/mol. The third-order valence-electron chi connectivity index (χ3n) is 4.20. The molecule has 1 aliphatic heterocycles. The largest absolute Gasteiger partial charge is 0.458 e. The van der Waals surface area contributed by atoms with Gasteiger partial charge in [-0.05, 0) is 72.8 Å². The average Bonchev–Trinajstić information content (AvgIpc) is 2.72. The van der Waals surface area contributed by atoms with E-state index >= 15 is 0 Å². The van der Waals surface area contributed by atoms with Crippen LogP contribution in [0.5, 0.6) is 11.5 Å². The van der Waals surface area contributed by atoms with E-state index in [0.717, 1.165) is 0 Å². The second kappa shape index (κ2) is 7.36. The van der Waals surface area contributed by atoms with Gasteiger partial charge >= 0.3 is 0 Å². The number of benzene rings is 2. The van der Waals surface area contributed by atoms with E-state index in [9.17, 15) is 0 Å². The fourth-order valence-electron chi connectivity index (χ4n) is 2.83. The molecule has 0 bridgehead atoms. The molecule has 2 heterocycles. The van der Waals surface area contributed by atoms with Crippen molar-refractivity contribution in [2.75, 3.05) is 11.5 Å². The normalized spacial score (nSPS) is 18.1. The van der Waals surface area contributed by atoms with Crippen LogP contribution >= 0.6 is 0 Å². The van der Waals surface area contributed by atoms with Crippen LogP contribution in [-0.4, -0.2) is 4.98 Å². The molecule has 28 heavy (non-hydrogen) atoms. The van der Waals surface area contributed by atoms with E-state index in [4.69, 9.17) is 20.9 Å². The molecule has 1 aliphatic rings. The number of hydrogen-bond donors (Lipinski definition) is 3. The molecule has 0 fully saturated rings. The van der Waals surface area contributed by atoms with Crippen LogP contribution in [0.15, 0.2) is 97.0 Å². The van der Waals surface area contributed by atoms with Gasteiger partial charge in [0.2, 0.25) is 5.72 Å². The topological polar surface area (TPSA) is 95.4 Å². The smallest absolute Gasteiger partial charge is 0.246 e. The molecule has 0 saturated carbocycles. The predicted molar refractivity (Wildman–Crippen MR) is 109 cm³/mol. The lowest BCUT2D eigenvalue weighted by Gasteiger charge is -2.35. The third kappa shape index (κ3) is 3.76. The minimum Gasteiger partial charge on any atom is -0.458 e. The zero-order valence-electron chi connectivity index (χ0n) is 15.1. The van der Waals surface area contributed by atoms with Gasteiger partial charge in [-0.3, -0.25) is 4.98 Å². The summed E-state index contributed by atoms with van der Waals surface area (Å²) in [5.74, 6) is 1.82. The van der Waals surface area contributed by atoms with Crippen LogP contribution in [0.25, 0.3) is 0 Å². The molecule has 0 radical (unpaired) electrons. The van der Waals surface area contributed by atoms with Gasteiger partial charge in [0.15, 0.2) is 5.88 Å². The van der Waals surface area contributed by atoms with Crippen LogP contribution < -0.4 is 26.3 Å². The molecule has 6 heteroatoms. The predicted octanol–water partition coefficient (Wildman–Crippen LogP) is 3.56. The molecule has 6 nitrogen and oxygen atoms in total. The summed E-state index contributed by atoms with van der Waals surface area (Å²) >= 11 is 0. The van der Waals surface area contributed by atoms with Gasteiger partial charge in [0.1, 0.15) is 17.2 Å². The lowest BCUT2D eigenvalue weighted by molar-refractivity contribution is 0.0702. The van der Waals surface area contributed by atoms with Crippen molar-refractivity contribution in [3.8, 4) is 11.5 Å². The van der Waals surface area contributed by atoms with Crippen molar-refractivity contribution in [2.45, 2.75) is 5.72 Å². The molecule has 2 aromatic carbocycles. The van der Waals surface area contributed by atoms with Crippen molar-refractivity contribution in [3.05, 3.63) is 103 Å². The summed E-state index contributed by atoms with van der Waals surface area (Å²) in [6, 6.07) is 20.0. The molecule has 0 amide bonds. The average molecular weight is 372 g/mol. The first kappa shape index (κ1) is 17.5. The van der Waals surface area contributed by atoms with E-state index in [-0.39, 0.29) is 0 Å². The Morgan fingerprint density at radius 2 is 1.50 bits per heavy atom. The first-order valence-electron chi connectivity index (χ1n) is 8.80. The summed E-state index contributed by atoms with van der Waals surface area (Å²) in [7, 11) is 0. The first-order valence-corrected chi connectivity index (χ1v) is 8.80. The highest BCUT2D eigenvalue weighted by molar-refractivity contribution is 5.44. The van der Waals surface area contributed by atoms with Gasteiger partial charge in [-0.25, -0.2) is 0 Å². The molecule has 1 aromatic heterocycles. The van der Waals surface area contributed by atoms with Crippen LogP contribution in [0.4, 0.5) is 11.4 Å². The Balaban J connectivity index is 1.64. The number of aromatic nitrogens is 1. The Bertz CT molecular complexity index is 999. The van der Waals surface area contributed by atoms with Crippen molar-refractivity contribution in [1.29, 1.82) is 0 Å². The maximum atomic E-state index is 6.31. The van der Waals surface area contributed by atoms with E-state index in [1.54, 1.807) is 42.6 Å². The van der Waals surface area contributed by atoms with Crippen molar-refractivity contribution in [3.63, 3.8) is 0 Å². The molecular formula is C22H20N4O2. The number of nitrogens with one attached hydrogen (secondary N) is 1. The van der Waals surface area contributed by atoms with Gasteiger partial charge in [-0.1, -0.05) is 12.1 Å². The van der Waals surface area contributed by atoms with Gasteiger partial charge in [-0.2, -0.15) is 0 Å². The van der Waals surface area contributed by atoms with E-state index < -0.39 is 5.72 Å². The van der Waals surface area contributed by atoms with Crippen molar-refractivity contribution < 1.29 is 9.47 Å². The Hall–Kier alpha value is -3.93. The van der Waals surface area contributed by atoms with Crippen LogP contribution in [0, 0.1) is 0 Å². The minimum atomic E-state index is -1.03. The first-order chi connectivity index (χ1) is 13.6. The van der Waals surface area contributed by atoms with Gasteiger partial charge in [0.05, 0.1) is 0 Å². The third-order valence-corrected chi connectivity index (χ3v) is 4.20. The molecule has 0 aliphatic carbocycles. The molecule has 1 unspecified atom stereocenters. The van der Waals surface area contributed by atoms with Gasteiger partial charge in [0.25, 0.3) is 0 Å². The summed E-state index contributed by atoms with van der Waals surface area (Å²) in [6.07, 6.45) is 7.30. The molecule has 140 valence electrons. The van der Waals surface area contributed by atoms with Crippen LogP contribution in [-0.2, 0) is 5.72 Å². The molecule has 0 saturated heterocycles. The number of nitrogens with two attached hydrogens (primary N) is 2. The molecule has 5 N–H and O–H groups in total. The summed E-state index contributed by atoms with van der Waals surface area (Å²) in [6.45, 7) is 0. The molecule has 0 spiro atoms. The van der Waals surface area contributed by atoms with Crippen molar-refractivity contribution in [2.24, 2.45) is 0 Å². The zero-order chi connectivity index (χ0) is 19.4. The monoisotopic (exact) mass is 372 g/mol. The number of pyridine rings is 1. The lowest BCUT2D eigenvalue weighted by Crippen LogP contribution is -2.48. The standard InChI is InChI=1S/C22H20N4O2/c23-16-6-10-18(11-7-16)27-21-5-3-14-22(26-21,20-4-1-2-15-25-20)28-19-12-8-17(24)9-13-19/h1-15,26H,23-24H2. The van der Waals surface area contributed by atoms with Crippen LogP contribution in [0.2, 0.25) is 0 Å². The molecule has 4 rings (SSSR count). The maximum absolute atomic E-state index is 6.31. The Labute approximate surface area is 163 Å². The molecule has 3 aromatic rings. The number of hydrogen-bond acceptors (Lipinski definition) is 6. The number of rotatable bonds is 5. The fourth-order valence-corrected chi connectivity index (χ4v) is 2.83. The summed E-state index contributed by atoms with van der Waals surface area (Å²) in [4.78, 5) is 4.48. The summed E-state index contributed by atoms with van der Waals surface area (Å²) in [5, 5.41) is 3.31. The number of allylic oxidation sites excluding steroid dienone is 2. The second-order valence-electron chi connectivity index (χ2n) is 6.31. The highest BCUT2D eigenvalue weighted by atomic mass is 16.5. The van der Waals surface area contributed by atoms with E-state index in [1.807, 2.05) is 48.6 Å². The van der Waals surface area contributed by atoms with Gasteiger partial charge in [-0.15, -0.1) is 0 Å². The highest BCUT2D eigenvalue weighted by Gasteiger charge is 2.36. The van der Waals surface area contributed by atoms with Crippen molar-refractivity contribution in [1.82, 2.24) is 10.3 Å². The number of nitrogen functional groups attached to an aromatic ring is 2. The quantitative estimate of drug-likeness (QED) is 0.593. The van der Waals surface area contributed by atoms with E-state index in [2.05, 4.69) is 10.3 Å². The van der Waals surface area contributed by atoms with Crippen LogP contribution in [0.1, 0.15) is 5.69 Å². The second-order valence-corrected chi connectivity index (χ2v) is 6.31. The van der Waals surface area contributed by atoms with Crippen LogP contribution in [0.3, 0.4) is 0 Å². The number of nitrogens with zero attached hydrogens (tertiary/aromatic N) is 1. The SMILES string of the molecule is Nc1ccc(OC2=CC=CC(Oc3ccc(N)cc3)(c3ccccn3)N2)cc1. The van der Waals surface area contributed by atoms with Gasteiger partial charge < -0.3 is 26.3 Å². The Morgan fingerprint density at radius 3 is 2.14 bits per heavy atom. The highest BCUT2D eigenvalue weighted by Crippen LogP contribution is 2.30. The van der Waals surface area contributed by atoms with E-state index in [1.165, 1.54) is 0 Å². The fraction of sp³-hybridized carbons (Fsp3) is 0.0455. The summed E-state index contributed by atoms with van der Waals surface area (Å²) < 4.78 is 12.3. The Morgan fingerprint density at radius 1 is 0.821 bits per heavy atom. The number of anilines is 2. The van der Waals surface area contributed by atoms with Gasteiger partial charge in [0, 0.05) is 17.6 Å². The number of ether oxygens (including phenoxy) is 2. The van der Waals surface area contributed by atoms with E-state index in [0.29, 0.717) is 34.5 Å². The Kier molecular flexibility index (Phi) is 4.60. The maximum Gasteiger partial charge on any atom is 0.246 e. The zero-order valence-corrected chi connectivity index (χ0v) is 15.1. The summed E-state index contributed by atoms with van der Waals surface area (Å²) in [5.41, 5.74) is 12.5. The van der Waals surface area contributed by atoms with Crippen molar-refractivity contribution >= 4 is 11.4 Å².